The third-order valence-electron chi connectivity index (χ3n) is 2.88. The van der Waals surface area contributed by atoms with Gasteiger partial charge in [0.1, 0.15) is 0 Å². The van der Waals surface area contributed by atoms with E-state index in [-0.39, 0.29) is 4.90 Å². The Balaban J connectivity index is 2.26. The van der Waals surface area contributed by atoms with E-state index in [4.69, 9.17) is 5.11 Å². The fraction of sp³-hybridized carbons (Fsp3) is 0. The molecule has 5 nitrogen and oxygen atoms in total. The number of para-hydroxylation sites is 1. The van der Waals surface area contributed by atoms with Crippen LogP contribution in [0.2, 0.25) is 0 Å². The van der Waals surface area contributed by atoms with Crippen molar-refractivity contribution in [3.05, 3.63) is 78.4 Å². The summed E-state index contributed by atoms with van der Waals surface area (Å²) >= 11 is 0. The highest BCUT2D eigenvalue weighted by Gasteiger charge is 2.14. The lowest BCUT2D eigenvalue weighted by Gasteiger charge is -2.10. The van der Waals surface area contributed by atoms with Crippen LogP contribution in [0.15, 0.2) is 77.7 Å². The lowest BCUT2D eigenvalue weighted by atomic mass is 10.1. The molecule has 0 aliphatic rings. The number of hydrogen-bond donors (Lipinski definition) is 2. The Morgan fingerprint density at radius 2 is 1.61 bits per heavy atom. The highest BCUT2D eigenvalue weighted by Crippen LogP contribution is 2.21. The molecule has 0 aliphatic carbocycles. The number of rotatable bonds is 6. The van der Waals surface area contributed by atoms with E-state index in [1.807, 2.05) is 0 Å². The molecule has 23 heavy (non-hydrogen) atoms. The summed E-state index contributed by atoms with van der Waals surface area (Å²) in [6.45, 7) is 0. The van der Waals surface area contributed by atoms with Crippen LogP contribution in [0.5, 0.6) is 0 Å². The molecule has 2 aromatic carbocycles. The first kappa shape index (κ1) is 16.5. The van der Waals surface area contributed by atoms with Crippen LogP contribution in [0.3, 0.4) is 0 Å². The first-order valence-corrected chi connectivity index (χ1v) is 8.22. The smallest absolute Gasteiger partial charge is 0.328 e. The zero-order valence-corrected chi connectivity index (χ0v) is 12.9. The third-order valence-corrected chi connectivity index (χ3v) is 4.27. The minimum atomic E-state index is -3.68. The van der Waals surface area contributed by atoms with E-state index in [9.17, 15) is 13.2 Å². The second kappa shape index (κ2) is 7.42. The number of sulfonamides is 1. The lowest BCUT2D eigenvalue weighted by Crippen LogP contribution is -2.13. The summed E-state index contributed by atoms with van der Waals surface area (Å²) in [6.07, 6.45) is 5.52. The number of carboxylic acid groups (broad SMARTS) is 1. The van der Waals surface area contributed by atoms with E-state index in [0.29, 0.717) is 11.3 Å². The van der Waals surface area contributed by atoms with Crippen LogP contribution in [-0.4, -0.2) is 19.5 Å². The molecule has 2 aromatic rings. The lowest BCUT2D eigenvalue weighted by molar-refractivity contribution is -0.131. The Morgan fingerprint density at radius 1 is 0.957 bits per heavy atom. The van der Waals surface area contributed by atoms with Gasteiger partial charge in [-0.1, -0.05) is 54.6 Å². The second-order valence-corrected chi connectivity index (χ2v) is 6.24. The number of nitrogens with one attached hydrogen (secondary N) is 1. The molecule has 0 aromatic heterocycles. The van der Waals surface area contributed by atoms with E-state index >= 15 is 0 Å². The summed E-state index contributed by atoms with van der Waals surface area (Å²) < 4.78 is 27.2. The van der Waals surface area contributed by atoms with Gasteiger partial charge in [0.25, 0.3) is 10.0 Å². The minimum Gasteiger partial charge on any atom is -0.478 e. The van der Waals surface area contributed by atoms with Gasteiger partial charge in [0.05, 0.1) is 10.6 Å². The molecule has 0 saturated heterocycles. The minimum absolute atomic E-state index is 0.171. The molecule has 118 valence electrons. The van der Waals surface area contributed by atoms with Crippen molar-refractivity contribution in [1.29, 1.82) is 0 Å². The van der Waals surface area contributed by atoms with Gasteiger partial charge in [-0.2, -0.15) is 0 Å². The molecule has 2 rings (SSSR count). The molecule has 0 heterocycles. The van der Waals surface area contributed by atoms with E-state index in [0.717, 1.165) is 6.08 Å². The van der Waals surface area contributed by atoms with Crippen molar-refractivity contribution in [1.82, 2.24) is 0 Å². The van der Waals surface area contributed by atoms with Crippen LogP contribution in [0, 0.1) is 0 Å². The summed E-state index contributed by atoms with van der Waals surface area (Å²) in [6, 6.07) is 14.9. The zero-order chi connectivity index (χ0) is 16.7. The molecule has 0 radical (unpaired) electrons. The van der Waals surface area contributed by atoms with Crippen molar-refractivity contribution >= 4 is 27.8 Å². The van der Waals surface area contributed by atoms with Crippen molar-refractivity contribution in [2.75, 3.05) is 4.72 Å². The molecule has 0 fully saturated rings. The summed E-state index contributed by atoms with van der Waals surface area (Å²) in [5.41, 5.74) is 1.04. The van der Waals surface area contributed by atoms with Gasteiger partial charge in [-0.05, 0) is 23.8 Å². The van der Waals surface area contributed by atoms with Crippen LogP contribution in [-0.2, 0) is 14.8 Å². The Kier molecular flexibility index (Phi) is 5.32. The first-order valence-electron chi connectivity index (χ1n) is 6.73. The Morgan fingerprint density at radius 3 is 2.30 bits per heavy atom. The molecule has 2 N–H and O–H groups in total. The number of carbonyl (C=O) groups is 1. The molecule has 0 aliphatic heterocycles. The van der Waals surface area contributed by atoms with Crippen molar-refractivity contribution in [3.8, 4) is 0 Å². The van der Waals surface area contributed by atoms with E-state index in [1.165, 1.54) is 24.3 Å². The van der Waals surface area contributed by atoms with Crippen LogP contribution < -0.4 is 4.72 Å². The molecular weight excluding hydrogens is 314 g/mol. The number of carboxylic acids is 1. The van der Waals surface area contributed by atoms with Crippen LogP contribution in [0.25, 0.3) is 6.08 Å². The van der Waals surface area contributed by atoms with Gasteiger partial charge in [0.2, 0.25) is 0 Å². The van der Waals surface area contributed by atoms with Crippen molar-refractivity contribution in [2.24, 2.45) is 0 Å². The van der Waals surface area contributed by atoms with Gasteiger partial charge in [0, 0.05) is 6.08 Å². The predicted molar refractivity (Wildman–Crippen MR) is 89.5 cm³/mol. The van der Waals surface area contributed by atoms with Gasteiger partial charge in [-0.3, -0.25) is 4.72 Å². The largest absolute Gasteiger partial charge is 0.478 e. The van der Waals surface area contributed by atoms with Gasteiger partial charge < -0.3 is 5.11 Å². The molecule has 0 saturated carbocycles. The number of hydrogen-bond acceptors (Lipinski definition) is 3. The zero-order valence-electron chi connectivity index (χ0n) is 12.1. The molecule has 0 bridgehead atoms. The van der Waals surface area contributed by atoms with Gasteiger partial charge >= 0.3 is 5.97 Å². The Bertz CT molecular complexity index is 840. The van der Waals surface area contributed by atoms with Crippen molar-refractivity contribution in [2.45, 2.75) is 4.90 Å². The SMILES string of the molecule is O=C(O)/C=C/C=C/c1ccccc1NS(=O)(=O)c1ccccc1. The number of anilines is 1. The van der Waals surface area contributed by atoms with Crippen LogP contribution in [0.1, 0.15) is 5.56 Å². The third kappa shape index (κ3) is 4.82. The maximum Gasteiger partial charge on any atom is 0.328 e. The standard InChI is InChI=1S/C17H15NO4S/c19-17(20)13-7-5-9-14-8-4-6-12-16(14)18-23(21,22)15-10-2-1-3-11-15/h1-13,18H,(H,19,20)/b9-5+,13-7+. The molecule has 0 spiro atoms. The highest BCUT2D eigenvalue weighted by atomic mass is 32.2. The Labute approximate surface area is 134 Å². The molecular formula is C17H15NO4S. The number of allylic oxidation sites excluding steroid dienone is 2. The maximum absolute atomic E-state index is 12.3. The topological polar surface area (TPSA) is 83.5 Å². The normalized spacial score (nSPS) is 11.8. The fourth-order valence-electron chi connectivity index (χ4n) is 1.84. The maximum atomic E-state index is 12.3. The van der Waals surface area contributed by atoms with Crippen molar-refractivity contribution in [3.63, 3.8) is 0 Å². The average Bonchev–Trinajstić information content (AvgIpc) is 2.53. The van der Waals surface area contributed by atoms with Gasteiger partial charge in [-0.25, -0.2) is 13.2 Å². The van der Waals surface area contributed by atoms with E-state index < -0.39 is 16.0 Å². The monoisotopic (exact) mass is 329 g/mol. The summed E-state index contributed by atoms with van der Waals surface area (Å²) in [5.74, 6) is -1.05. The van der Waals surface area contributed by atoms with E-state index in [2.05, 4.69) is 4.72 Å². The van der Waals surface area contributed by atoms with Gasteiger partial charge in [-0.15, -0.1) is 0 Å². The fourth-order valence-corrected chi connectivity index (χ4v) is 2.94. The Hall–Kier alpha value is -2.86. The van der Waals surface area contributed by atoms with Gasteiger partial charge in [0.15, 0.2) is 0 Å². The van der Waals surface area contributed by atoms with Crippen LogP contribution >= 0.6 is 0 Å². The van der Waals surface area contributed by atoms with E-state index in [1.54, 1.807) is 48.5 Å². The quantitative estimate of drug-likeness (QED) is 0.630. The predicted octanol–water partition coefficient (Wildman–Crippen LogP) is 3.14. The molecule has 0 unspecified atom stereocenters. The summed E-state index contributed by atoms with van der Waals surface area (Å²) in [4.78, 5) is 10.6. The molecule has 0 amide bonds. The summed E-state index contributed by atoms with van der Waals surface area (Å²) in [7, 11) is -3.68. The van der Waals surface area contributed by atoms with Crippen LogP contribution in [0.4, 0.5) is 5.69 Å². The molecule has 0 atom stereocenters. The number of aliphatic carboxylic acids is 1. The highest BCUT2D eigenvalue weighted by molar-refractivity contribution is 7.92. The summed E-state index contributed by atoms with van der Waals surface area (Å²) in [5, 5.41) is 8.53. The molecule has 6 heteroatoms. The average molecular weight is 329 g/mol. The second-order valence-electron chi connectivity index (χ2n) is 4.56. The number of benzene rings is 2. The van der Waals surface area contributed by atoms with Crippen molar-refractivity contribution < 1.29 is 18.3 Å². The first-order chi connectivity index (χ1) is 11.0.